The Morgan fingerprint density at radius 1 is 1.00 bits per heavy atom. The molecule has 0 bridgehead atoms. The molecule has 0 fully saturated rings. The highest BCUT2D eigenvalue weighted by atomic mass is 16.2. The third-order valence-electron chi connectivity index (χ3n) is 5.47. The van der Waals surface area contributed by atoms with E-state index in [1.807, 2.05) is 11.0 Å². The molecule has 0 radical (unpaired) electrons. The van der Waals surface area contributed by atoms with Gasteiger partial charge in [-0.05, 0) is 48.4 Å². The Kier molecular flexibility index (Phi) is 5.38. The molecule has 0 saturated carbocycles. The van der Waals surface area contributed by atoms with Crippen LogP contribution in [0.4, 0.5) is 0 Å². The van der Waals surface area contributed by atoms with E-state index in [9.17, 15) is 4.79 Å². The van der Waals surface area contributed by atoms with Crippen LogP contribution >= 0.6 is 0 Å². The molecule has 4 rings (SSSR count). The second kappa shape index (κ2) is 8.26. The van der Waals surface area contributed by atoms with Crippen molar-refractivity contribution in [1.82, 2.24) is 9.88 Å². The molecule has 1 aromatic heterocycles. The van der Waals surface area contributed by atoms with Gasteiger partial charge in [0.2, 0.25) is 5.91 Å². The number of nitrogens with zero attached hydrogens (tertiary/aromatic N) is 1. The molecular weight excluding hydrogens is 332 g/mol. The van der Waals surface area contributed by atoms with Crippen molar-refractivity contribution in [1.29, 1.82) is 0 Å². The summed E-state index contributed by atoms with van der Waals surface area (Å²) in [5, 5.41) is 1.30. The third-order valence-corrected chi connectivity index (χ3v) is 5.47. The second-order valence-electron chi connectivity index (χ2n) is 7.25. The Morgan fingerprint density at radius 3 is 2.63 bits per heavy atom. The number of hydrogen-bond acceptors (Lipinski definition) is 1. The molecule has 1 amide bonds. The van der Waals surface area contributed by atoms with Gasteiger partial charge in [0.1, 0.15) is 0 Å². The summed E-state index contributed by atoms with van der Waals surface area (Å²) in [7, 11) is 0. The van der Waals surface area contributed by atoms with Crippen LogP contribution in [0.5, 0.6) is 0 Å². The number of para-hydroxylation sites is 1. The van der Waals surface area contributed by atoms with E-state index in [4.69, 9.17) is 0 Å². The van der Waals surface area contributed by atoms with Crippen LogP contribution in [0.25, 0.3) is 16.5 Å². The van der Waals surface area contributed by atoms with Crippen molar-refractivity contribution in [2.75, 3.05) is 13.1 Å². The fraction of sp³-hybridized carbons (Fsp3) is 0.292. The minimum atomic E-state index is 0.289. The van der Waals surface area contributed by atoms with Gasteiger partial charge in [-0.25, -0.2) is 0 Å². The molecule has 2 heterocycles. The zero-order chi connectivity index (χ0) is 18.5. The molecule has 3 heteroatoms. The van der Waals surface area contributed by atoms with Gasteiger partial charge < -0.3 is 9.88 Å². The average molecular weight is 358 g/mol. The molecule has 138 valence electrons. The first-order valence-corrected chi connectivity index (χ1v) is 9.88. The quantitative estimate of drug-likeness (QED) is 0.604. The number of hydrogen-bond donors (Lipinski definition) is 1. The summed E-state index contributed by atoms with van der Waals surface area (Å²) < 4.78 is 0. The Hall–Kier alpha value is -2.81. The molecule has 1 N–H and O–H groups in total. The van der Waals surface area contributed by atoms with Crippen molar-refractivity contribution >= 4 is 22.4 Å². The highest BCUT2D eigenvalue weighted by Crippen LogP contribution is 2.23. The first-order chi connectivity index (χ1) is 13.3. The molecule has 0 unspecified atom stereocenters. The predicted octanol–water partition coefficient (Wildman–Crippen LogP) is 5.20. The molecule has 1 aliphatic heterocycles. The first-order valence-electron chi connectivity index (χ1n) is 9.88. The van der Waals surface area contributed by atoms with Gasteiger partial charge in [0.15, 0.2) is 0 Å². The standard InChI is InChI=1S/C24H26N2O/c27-24(26-16-14-20(15-17-26)19-8-2-1-3-9-19)13-7-4-10-21-18-25-23-12-6-5-11-22(21)23/h1-3,5-6,8-9,11-12,14,18,25H,4,7,10,13,15-17H2. The van der Waals surface area contributed by atoms with Crippen LogP contribution in [0.3, 0.4) is 0 Å². The summed E-state index contributed by atoms with van der Waals surface area (Å²) in [4.78, 5) is 17.8. The van der Waals surface area contributed by atoms with E-state index in [1.165, 1.54) is 27.6 Å². The number of aromatic amines is 1. The number of rotatable bonds is 6. The van der Waals surface area contributed by atoms with Gasteiger partial charge in [0.05, 0.1) is 0 Å². The third kappa shape index (κ3) is 4.13. The van der Waals surface area contributed by atoms with E-state index >= 15 is 0 Å². The van der Waals surface area contributed by atoms with Gasteiger partial charge in [-0.3, -0.25) is 4.79 Å². The van der Waals surface area contributed by atoms with Crippen LogP contribution in [0, 0.1) is 0 Å². The fourth-order valence-electron chi connectivity index (χ4n) is 3.90. The van der Waals surface area contributed by atoms with Crippen molar-refractivity contribution < 1.29 is 4.79 Å². The number of carbonyl (C=O) groups is 1. The fourth-order valence-corrected chi connectivity index (χ4v) is 3.90. The van der Waals surface area contributed by atoms with Crippen LogP contribution < -0.4 is 0 Å². The highest BCUT2D eigenvalue weighted by molar-refractivity contribution is 5.83. The Labute approximate surface area is 160 Å². The van der Waals surface area contributed by atoms with Crippen LogP contribution in [-0.4, -0.2) is 28.9 Å². The van der Waals surface area contributed by atoms with Crippen molar-refractivity contribution in [3.8, 4) is 0 Å². The Balaban J connectivity index is 1.24. The van der Waals surface area contributed by atoms with Gasteiger partial charge in [0.25, 0.3) is 0 Å². The van der Waals surface area contributed by atoms with E-state index < -0.39 is 0 Å². The monoisotopic (exact) mass is 358 g/mol. The molecule has 27 heavy (non-hydrogen) atoms. The first kappa shape index (κ1) is 17.6. The zero-order valence-electron chi connectivity index (χ0n) is 15.7. The van der Waals surface area contributed by atoms with Gasteiger partial charge >= 0.3 is 0 Å². The van der Waals surface area contributed by atoms with Gasteiger partial charge in [-0.1, -0.05) is 54.6 Å². The lowest BCUT2D eigenvalue weighted by atomic mass is 9.99. The molecule has 2 aromatic carbocycles. The van der Waals surface area contributed by atoms with Crippen molar-refractivity contribution in [2.24, 2.45) is 0 Å². The second-order valence-corrected chi connectivity index (χ2v) is 7.25. The maximum absolute atomic E-state index is 12.5. The minimum absolute atomic E-state index is 0.289. The molecule has 0 saturated heterocycles. The summed E-state index contributed by atoms with van der Waals surface area (Å²) in [6, 6.07) is 18.9. The Morgan fingerprint density at radius 2 is 1.81 bits per heavy atom. The molecule has 1 aliphatic rings. The number of benzene rings is 2. The molecular formula is C24H26N2O. The number of H-pyrrole nitrogens is 1. The van der Waals surface area contributed by atoms with Crippen molar-refractivity contribution in [3.63, 3.8) is 0 Å². The van der Waals surface area contributed by atoms with E-state index in [0.717, 1.165) is 38.8 Å². The number of amides is 1. The molecule has 0 aliphatic carbocycles. The lowest BCUT2D eigenvalue weighted by Crippen LogP contribution is -2.34. The minimum Gasteiger partial charge on any atom is -0.361 e. The normalized spacial score (nSPS) is 14.4. The van der Waals surface area contributed by atoms with Gasteiger partial charge in [0, 0.05) is 36.6 Å². The van der Waals surface area contributed by atoms with E-state index in [0.29, 0.717) is 6.42 Å². The smallest absolute Gasteiger partial charge is 0.222 e. The van der Waals surface area contributed by atoms with Gasteiger partial charge in [-0.15, -0.1) is 0 Å². The zero-order valence-corrected chi connectivity index (χ0v) is 15.7. The van der Waals surface area contributed by atoms with Crippen LogP contribution in [-0.2, 0) is 11.2 Å². The number of aryl methyl sites for hydroxylation is 1. The number of unbranched alkanes of at least 4 members (excludes halogenated alkanes) is 1. The molecule has 3 nitrogen and oxygen atoms in total. The van der Waals surface area contributed by atoms with Crippen LogP contribution in [0.2, 0.25) is 0 Å². The lowest BCUT2D eigenvalue weighted by Gasteiger charge is -2.26. The maximum Gasteiger partial charge on any atom is 0.222 e. The largest absolute Gasteiger partial charge is 0.361 e. The summed E-state index contributed by atoms with van der Waals surface area (Å²) in [5.74, 6) is 0.289. The average Bonchev–Trinajstić information content (AvgIpc) is 3.15. The SMILES string of the molecule is O=C(CCCCc1c[nH]c2ccccc12)N1CC=C(c2ccccc2)CC1. The van der Waals surface area contributed by atoms with Crippen molar-refractivity contribution in [2.45, 2.75) is 32.1 Å². The summed E-state index contributed by atoms with van der Waals surface area (Å²) in [6.07, 6.45) is 8.93. The number of fused-ring (bicyclic) bond motifs is 1. The lowest BCUT2D eigenvalue weighted by molar-refractivity contribution is -0.130. The van der Waals surface area contributed by atoms with E-state index in [-0.39, 0.29) is 5.91 Å². The topological polar surface area (TPSA) is 36.1 Å². The van der Waals surface area contributed by atoms with Crippen LogP contribution in [0.1, 0.15) is 36.8 Å². The molecule has 0 spiro atoms. The van der Waals surface area contributed by atoms with Gasteiger partial charge in [-0.2, -0.15) is 0 Å². The number of nitrogens with one attached hydrogen (secondary N) is 1. The molecule has 3 aromatic rings. The van der Waals surface area contributed by atoms with Crippen molar-refractivity contribution in [3.05, 3.63) is 78.0 Å². The summed E-state index contributed by atoms with van der Waals surface area (Å²) >= 11 is 0. The van der Waals surface area contributed by atoms with E-state index in [2.05, 4.69) is 65.8 Å². The van der Waals surface area contributed by atoms with E-state index in [1.54, 1.807) is 0 Å². The summed E-state index contributed by atoms with van der Waals surface area (Å²) in [6.45, 7) is 1.58. The molecule has 0 atom stereocenters. The predicted molar refractivity (Wildman–Crippen MR) is 111 cm³/mol. The highest BCUT2D eigenvalue weighted by Gasteiger charge is 2.17. The Bertz CT molecular complexity index is 939. The maximum atomic E-state index is 12.5. The summed E-state index contributed by atoms with van der Waals surface area (Å²) in [5.41, 5.74) is 5.19. The van der Waals surface area contributed by atoms with Crippen LogP contribution in [0.15, 0.2) is 66.9 Å². The number of carbonyl (C=O) groups excluding carboxylic acids is 1. The number of aromatic nitrogens is 1.